The highest BCUT2D eigenvalue weighted by Crippen LogP contribution is 2.33. The molecule has 0 bridgehead atoms. The molecule has 0 N–H and O–H groups in total. The van der Waals surface area contributed by atoms with E-state index in [0.717, 1.165) is 6.07 Å². The Kier molecular flexibility index (Phi) is 2.85. The minimum atomic E-state index is -0.980. The van der Waals surface area contributed by atoms with Crippen molar-refractivity contribution in [3.63, 3.8) is 0 Å². The molecule has 0 radical (unpaired) electrons. The fourth-order valence-electron chi connectivity index (χ4n) is 1.00. The van der Waals surface area contributed by atoms with E-state index in [9.17, 15) is 14.5 Å². The lowest BCUT2D eigenvalue weighted by Gasteiger charge is -2.05. The summed E-state index contributed by atoms with van der Waals surface area (Å²) in [5, 5.41) is 10.4. The zero-order valence-corrected chi connectivity index (χ0v) is 7.61. The van der Waals surface area contributed by atoms with Gasteiger partial charge in [0.25, 0.3) is 0 Å². The monoisotopic (exact) mass is 201 g/mol. The Balaban J connectivity index is 3.34. The van der Waals surface area contributed by atoms with E-state index in [1.54, 1.807) is 0 Å². The second-order valence-corrected chi connectivity index (χ2v) is 2.42. The van der Waals surface area contributed by atoms with Crippen LogP contribution < -0.4 is 9.47 Å². The lowest BCUT2D eigenvalue weighted by atomic mass is 10.2. The van der Waals surface area contributed by atoms with Crippen molar-refractivity contribution in [2.24, 2.45) is 0 Å². The number of nitro groups is 1. The molecular weight excluding hydrogens is 193 g/mol. The average molecular weight is 201 g/mol. The van der Waals surface area contributed by atoms with Gasteiger partial charge in [0.2, 0.25) is 11.6 Å². The van der Waals surface area contributed by atoms with Crippen molar-refractivity contribution in [3.8, 4) is 11.5 Å². The quantitative estimate of drug-likeness (QED) is 0.552. The van der Waals surface area contributed by atoms with Gasteiger partial charge >= 0.3 is 5.69 Å². The van der Waals surface area contributed by atoms with Crippen LogP contribution in [0.1, 0.15) is 0 Å². The van der Waals surface area contributed by atoms with E-state index in [-0.39, 0.29) is 11.5 Å². The molecule has 1 aromatic rings. The van der Waals surface area contributed by atoms with Crippen LogP contribution in [-0.2, 0) is 0 Å². The van der Waals surface area contributed by atoms with Gasteiger partial charge in [0.1, 0.15) is 5.75 Å². The highest BCUT2D eigenvalue weighted by molar-refractivity contribution is 5.51. The molecule has 6 heteroatoms. The first-order chi connectivity index (χ1) is 6.60. The Labute approximate surface area is 79.2 Å². The largest absolute Gasteiger partial charge is 0.497 e. The maximum atomic E-state index is 13.1. The molecule has 0 spiro atoms. The minimum absolute atomic E-state index is 0.160. The Morgan fingerprint density at radius 3 is 2.43 bits per heavy atom. The molecule has 0 saturated carbocycles. The number of hydrogen-bond donors (Lipinski definition) is 0. The summed E-state index contributed by atoms with van der Waals surface area (Å²) in [6.07, 6.45) is 0. The van der Waals surface area contributed by atoms with Gasteiger partial charge in [0.05, 0.1) is 19.1 Å². The number of nitrogens with zero attached hydrogens (tertiary/aromatic N) is 1. The summed E-state index contributed by atoms with van der Waals surface area (Å²) < 4.78 is 22.5. The zero-order valence-electron chi connectivity index (χ0n) is 7.61. The van der Waals surface area contributed by atoms with E-state index < -0.39 is 16.4 Å². The number of nitro benzene ring substituents is 1. The van der Waals surface area contributed by atoms with Crippen LogP contribution in [-0.4, -0.2) is 19.1 Å². The number of benzene rings is 1. The Morgan fingerprint density at radius 2 is 2.00 bits per heavy atom. The molecule has 0 heterocycles. The first-order valence-electron chi connectivity index (χ1n) is 3.66. The van der Waals surface area contributed by atoms with Gasteiger partial charge in [-0.3, -0.25) is 10.1 Å². The van der Waals surface area contributed by atoms with Gasteiger partial charge in [0.15, 0.2) is 0 Å². The summed E-state index contributed by atoms with van der Waals surface area (Å²) in [7, 11) is 2.56. The van der Waals surface area contributed by atoms with Crippen molar-refractivity contribution in [1.82, 2.24) is 0 Å². The first kappa shape index (κ1) is 10.2. The van der Waals surface area contributed by atoms with Gasteiger partial charge in [-0.25, -0.2) is 0 Å². The van der Waals surface area contributed by atoms with Crippen LogP contribution >= 0.6 is 0 Å². The van der Waals surface area contributed by atoms with E-state index >= 15 is 0 Å². The summed E-state index contributed by atoms with van der Waals surface area (Å²) in [6, 6.07) is 2.18. The molecule has 0 aliphatic rings. The van der Waals surface area contributed by atoms with Gasteiger partial charge in [0, 0.05) is 12.1 Å². The smallest absolute Gasteiger partial charge is 0.346 e. The van der Waals surface area contributed by atoms with Crippen molar-refractivity contribution in [3.05, 3.63) is 28.1 Å². The van der Waals surface area contributed by atoms with Crippen LogP contribution in [0.15, 0.2) is 12.1 Å². The molecule has 0 atom stereocenters. The summed E-state index contributed by atoms with van der Waals surface area (Å²) >= 11 is 0. The highest BCUT2D eigenvalue weighted by atomic mass is 19.1. The fourth-order valence-corrected chi connectivity index (χ4v) is 1.00. The van der Waals surface area contributed by atoms with E-state index in [4.69, 9.17) is 4.74 Å². The number of hydrogen-bond acceptors (Lipinski definition) is 4. The third kappa shape index (κ3) is 1.73. The highest BCUT2D eigenvalue weighted by Gasteiger charge is 2.22. The Hall–Kier alpha value is -1.85. The molecule has 0 aliphatic carbocycles. The second kappa shape index (κ2) is 3.91. The zero-order chi connectivity index (χ0) is 10.7. The summed E-state index contributed by atoms with van der Waals surface area (Å²) in [4.78, 5) is 9.61. The third-order valence-corrected chi connectivity index (χ3v) is 1.64. The molecule has 0 saturated heterocycles. The van der Waals surface area contributed by atoms with Crippen molar-refractivity contribution < 1.29 is 18.8 Å². The predicted molar refractivity (Wildman–Crippen MR) is 46.2 cm³/mol. The molecule has 0 amide bonds. The van der Waals surface area contributed by atoms with Gasteiger partial charge in [-0.05, 0) is 0 Å². The van der Waals surface area contributed by atoms with Crippen molar-refractivity contribution in [1.29, 1.82) is 0 Å². The summed E-state index contributed by atoms with van der Waals surface area (Å²) in [5.41, 5.74) is -0.687. The molecule has 76 valence electrons. The van der Waals surface area contributed by atoms with Crippen LogP contribution in [0.5, 0.6) is 11.5 Å². The predicted octanol–water partition coefficient (Wildman–Crippen LogP) is 1.75. The summed E-state index contributed by atoms with van der Waals surface area (Å²) in [5.74, 6) is -0.969. The van der Waals surface area contributed by atoms with Crippen molar-refractivity contribution in [2.75, 3.05) is 14.2 Å². The topological polar surface area (TPSA) is 61.6 Å². The number of rotatable bonds is 3. The molecule has 0 unspecified atom stereocenters. The summed E-state index contributed by atoms with van der Waals surface area (Å²) in [6.45, 7) is 0. The molecule has 1 aromatic carbocycles. The van der Waals surface area contributed by atoms with E-state index in [1.807, 2.05) is 0 Å². The molecule has 14 heavy (non-hydrogen) atoms. The van der Waals surface area contributed by atoms with Crippen LogP contribution in [0, 0.1) is 15.9 Å². The Bertz CT molecular complexity index is 367. The molecule has 0 aliphatic heterocycles. The fraction of sp³-hybridized carbons (Fsp3) is 0.250. The van der Waals surface area contributed by atoms with Gasteiger partial charge < -0.3 is 9.47 Å². The number of halogens is 1. The van der Waals surface area contributed by atoms with Crippen LogP contribution in [0.4, 0.5) is 10.1 Å². The van der Waals surface area contributed by atoms with Crippen molar-refractivity contribution >= 4 is 5.69 Å². The van der Waals surface area contributed by atoms with Crippen LogP contribution in [0.25, 0.3) is 0 Å². The van der Waals surface area contributed by atoms with Gasteiger partial charge in [-0.1, -0.05) is 0 Å². The van der Waals surface area contributed by atoms with E-state index in [2.05, 4.69) is 4.74 Å². The molecule has 1 rings (SSSR count). The minimum Gasteiger partial charge on any atom is -0.497 e. The maximum absolute atomic E-state index is 13.1. The third-order valence-electron chi connectivity index (χ3n) is 1.64. The molecule has 5 nitrogen and oxygen atoms in total. The lowest BCUT2D eigenvalue weighted by molar-refractivity contribution is -0.388. The molecule has 0 aromatic heterocycles. The molecule has 0 fully saturated rings. The van der Waals surface area contributed by atoms with Crippen LogP contribution in [0.3, 0.4) is 0 Å². The number of methoxy groups -OCH3 is 2. The Morgan fingerprint density at radius 1 is 1.36 bits per heavy atom. The molecular formula is C8H8FNO4. The van der Waals surface area contributed by atoms with Crippen LogP contribution in [0.2, 0.25) is 0 Å². The van der Waals surface area contributed by atoms with E-state index in [0.29, 0.717) is 0 Å². The SMILES string of the molecule is COc1cc(F)c([N+](=O)[O-])c(OC)c1. The normalized spacial score (nSPS) is 9.64. The standard InChI is InChI=1S/C8H8FNO4/c1-13-5-3-6(9)8(10(11)12)7(4-5)14-2/h3-4H,1-2H3. The average Bonchev–Trinajstić information content (AvgIpc) is 2.15. The number of ether oxygens (including phenoxy) is 2. The van der Waals surface area contributed by atoms with Gasteiger partial charge in [-0.2, -0.15) is 4.39 Å². The van der Waals surface area contributed by atoms with E-state index in [1.165, 1.54) is 20.3 Å². The van der Waals surface area contributed by atoms with Crippen molar-refractivity contribution in [2.45, 2.75) is 0 Å². The second-order valence-electron chi connectivity index (χ2n) is 2.42. The first-order valence-corrected chi connectivity index (χ1v) is 3.66. The van der Waals surface area contributed by atoms with Gasteiger partial charge in [-0.15, -0.1) is 0 Å². The lowest BCUT2D eigenvalue weighted by Crippen LogP contribution is -1.98. The maximum Gasteiger partial charge on any atom is 0.346 e.